The molecular weight excluding hydrogens is 150 g/mol. The van der Waals surface area contributed by atoms with E-state index in [9.17, 15) is 0 Å². The molecule has 0 radical (unpaired) electrons. The summed E-state index contributed by atoms with van der Waals surface area (Å²) in [6.07, 6.45) is 3.17. The molecule has 1 saturated carbocycles. The highest BCUT2D eigenvalue weighted by Gasteiger charge is 2.52. The molecule has 0 bridgehead atoms. The van der Waals surface area contributed by atoms with Gasteiger partial charge in [-0.15, -0.1) is 0 Å². The van der Waals surface area contributed by atoms with Gasteiger partial charge in [0.15, 0.2) is 0 Å². The van der Waals surface area contributed by atoms with Crippen LogP contribution in [0, 0.1) is 5.41 Å². The molecule has 1 aliphatic heterocycles. The van der Waals surface area contributed by atoms with Gasteiger partial charge in [-0.05, 0) is 26.7 Å². The van der Waals surface area contributed by atoms with E-state index in [0.717, 1.165) is 6.04 Å². The molecule has 0 aromatic carbocycles. The normalized spacial score (nSPS) is 29.0. The lowest BCUT2D eigenvalue weighted by Gasteiger charge is -2.60. The van der Waals surface area contributed by atoms with Crippen LogP contribution in [0.25, 0.3) is 0 Å². The first kappa shape index (κ1) is 8.52. The van der Waals surface area contributed by atoms with Crippen LogP contribution in [0.15, 0.2) is 0 Å². The first-order valence-electron chi connectivity index (χ1n) is 4.92. The fourth-order valence-electron chi connectivity index (χ4n) is 2.51. The van der Waals surface area contributed by atoms with Crippen molar-refractivity contribution in [2.75, 3.05) is 20.2 Å². The Labute approximate surface area is 74.9 Å². The molecule has 2 fully saturated rings. The maximum Gasteiger partial charge on any atom is 0.0583 e. The molecule has 0 aromatic rings. The van der Waals surface area contributed by atoms with Gasteiger partial charge in [0, 0.05) is 31.7 Å². The number of hydrogen-bond donors (Lipinski definition) is 0. The fourth-order valence-corrected chi connectivity index (χ4v) is 2.51. The largest absolute Gasteiger partial charge is 0.381 e. The van der Waals surface area contributed by atoms with E-state index < -0.39 is 0 Å². The predicted molar refractivity (Wildman–Crippen MR) is 49.2 cm³/mol. The van der Waals surface area contributed by atoms with E-state index in [0.29, 0.717) is 11.5 Å². The summed E-state index contributed by atoms with van der Waals surface area (Å²) in [5.41, 5.74) is 0.672. The van der Waals surface area contributed by atoms with Crippen LogP contribution >= 0.6 is 0 Å². The number of rotatable bonds is 2. The molecule has 1 saturated heterocycles. The van der Waals surface area contributed by atoms with E-state index in [4.69, 9.17) is 4.74 Å². The first-order valence-corrected chi connectivity index (χ1v) is 4.92. The second-order valence-corrected chi connectivity index (χ2v) is 4.76. The van der Waals surface area contributed by atoms with Crippen LogP contribution in [-0.2, 0) is 4.74 Å². The molecule has 1 spiro atoms. The van der Waals surface area contributed by atoms with E-state index in [1.54, 1.807) is 0 Å². The average Bonchev–Trinajstić information content (AvgIpc) is 1.81. The van der Waals surface area contributed by atoms with Gasteiger partial charge < -0.3 is 4.74 Å². The molecule has 1 heterocycles. The van der Waals surface area contributed by atoms with Gasteiger partial charge in [-0.25, -0.2) is 0 Å². The lowest BCUT2D eigenvalue weighted by atomic mass is 9.61. The zero-order valence-electron chi connectivity index (χ0n) is 8.34. The third-order valence-electron chi connectivity index (χ3n) is 3.46. The van der Waals surface area contributed by atoms with Crippen molar-refractivity contribution in [3.63, 3.8) is 0 Å². The summed E-state index contributed by atoms with van der Waals surface area (Å²) in [5.74, 6) is 0. The van der Waals surface area contributed by atoms with Crippen LogP contribution in [0.1, 0.15) is 26.7 Å². The fraction of sp³-hybridized carbons (Fsp3) is 1.00. The van der Waals surface area contributed by atoms with Crippen molar-refractivity contribution in [1.82, 2.24) is 4.90 Å². The monoisotopic (exact) mass is 169 g/mol. The molecule has 0 unspecified atom stereocenters. The van der Waals surface area contributed by atoms with E-state index in [1.165, 1.54) is 25.9 Å². The van der Waals surface area contributed by atoms with Crippen LogP contribution in [0.4, 0.5) is 0 Å². The minimum absolute atomic E-state index is 0.569. The summed E-state index contributed by atoms with van der Waals surface area (Å²) in [7, 11) is 1.83. The molecule has 70 valence electrons. The van der Waals surface area contributed by atoms with Gasteiger partial charge in [-0.3, -0.25) is 4.90 Å². The summed E-state index contributed by atoms with van der Waals surface area (Å²) in [6, 6.07) is 0.734. The van der Waals surface area contributed by atoms with Crippen molar-refractivity contribution in [2.24, 2.45) is 5.41 Å². The smallest absolute Gasteiger partial charge is 0.0583 e. The molecule has 2 rings (SSSR count). The quantitative estimate of drug-likeness (QED) is 0.621. The molecule has 2 heteroatoms. The standard InChI is InChI=1S/C10H19NO/c1-8(2)11-6-10(7-11)4-9(5-10)12-3/h8-9H,4-7H2,1-3H3. The second-order valence-electron chi connectivity index (χ2n) is 4.76. The Kier molecular flexibility index (Phi) is 1.92. The Morgan fingerprint density at radius 2 is 1.92 bits per heavy atom. The van der Waals surface area contributed by atoms with Gasteiger partial charge in [-0.1, -0.05) is 0 Å². The average molecular weight is 169 g/mol. The number of hydrogen-bond acceptors (Lipinski definition) is 2. The third-order valence-corrected chi connectivity index (χ3v) is 3.46. The highest BCUT2D eigenvalue weighted by Crippen LogP contribution is 2.49. The van der Waals surface area contributed by atoms with Gasteiger partial charge in [0.05, 0.1) is 6.10 Å². The highest BCUT2D eigenvalue weighted by molar-refractivity contribution is 5.05. The molecule has 2 nitrogen and oxygen atoms in total. The van der Waals surface area contributed by atoms with Gasteiger partial charge in [0.2, 0.25) is 0 Å². The van der Waals surface area contributed by atoms with E-state index in [1.807, 2.05) is 7.11 Å². The molecule has 0 N–H and O–H groups in total. The van der Waals surface area contributed by atoms with Crippen molar-refractivity contribution >= 4 is 0 Å². The number of methoxy groups -OCH3 is 1. The van der Waals surface area contributed by atoms with Crippen molar-refractivity contribution in [1.29, 1.82) is 0 Å². The van der Waals surface area contributed by atoms with Crippen LogP contribution < -0.4 is 0 Å². The minimum atomic E-state index is 0.569. The zero-order valence-corrected chi connectivity index (χ0v) is 8.34. The summed E-state index contributed by atoms with van der Waals surface area (Å²) >= 11 is 0. The molecule has 2 aliphatic rings. The lowest BCUT2D eigenvalue weighted by Crippen LogP contribution is -2.65. The van der Waals surface area contributed by atoms with E-state index in [2.05, 4.69) is 18.7 Å². The maximum absolute atomic E-state index is 5.29. The minimum Gasteiger partial charge on any atom is -0.381 e. The molecule has 1 aliphatic carbocycles. The summed E-state index contributed by atoms with van der Waals surface area (Å²) in [5, 5.41) is 0. The highest BCUT2D eigenvalue weighted by atomic mass is 16.5. The molecule has 0 amide bonds. The molecule has 0 atom stereocenters. The Balaban J connectivity index is 1.75. The summed E-state index contributed by atoms with van der Waals surface area (Å²) in [6.45, 7) is 7.17. The molecular formula is C10H19NO. The maximum atomic E-state index is 5.29. The van der Waals surface area contributed by atoms with Crippen LogP contribution in [0.3, 0.4) is 0 Å². The van der Waals surface area contributed by atoms with Gasteiger partial charge >= 0.3 is 0 Å². The SMILES string of the molecule is COC1CC2(C1)CN(C(C)C)C2. The zero-order chi connectivity index (χ0) is 8.77. The second kappa shape index (κ2) is 2.71. The summed E-state index contributed by atoms with van der Waals surface area (Å²) < 4.78 is 5.29. The van der Waals surface area contributed by atoms with Gasteiger partial charge in [0.25, 0.3) is 0 Å². The Bertz CT molecular complexity index is 165. The van der Waals surface area contributed by atoms with Gasteiger partial charge in [-0.2, -0.15) is 0 Å². The third kappa shape index (κ3) is 1.17. The van der Waals surface area contributed by atoms with Crippen molar-refractivity contribution in [3.05, 3.63) is 0 Å². The van der Waals surface area contributed by atoms with Crippen LogP contribution in [0.5, 0.6) is 0 Å². The lowest BCUT2D eigenvalue weighted by molar-refractivity contribution is -0.148. The Hall–Kier alpha value is -0.0800. The van der Waals surface area contributed by atoms with Crippen molar-refractivity contribution in [3.8, 4) is 0 Å². The topological polar surface area (TPSA) is 12.5 Å². The Morgan fingerprint density at radius 1 is 1.33 bits per heavy atom. The van der Waals surface area contributed by atoms with Crippen LogP contribution in [-0.4, -0.2) is 37.2 Å². The number of likely N-dealkylation sites (tertiary alicyclic amines) is 1. The number of ether oxygens (including phenoxy) is 1. The molecule has 12 heavy (non-hydrogen) atoms. The van der Waals surface area contributed by atoms with Crippen molar-refractivity contribution < 1.29 is 4.74 Å². The summed E-state index contributed by atoms with van der Waals surface area (Å²) in [4.78, 5) is 2.55. The van der Waals surface area contributed by atoms with E-state index >= 15 is 0 Å². The first-order chi connectivity index (χ1) is 5.65. The van der Waals surface area contributed by atoms with Gasteiger partial charge in [0.1, 0.15) is 0 Å². The van der Waals surface area contributed by atoms with Crippen LogP contribution in [0.2, 0.25) is 0 Å². The number of nitrogens with zero attached hydrogens (tertiary/aromatic N) is 1. The predicted octanol–water partition coefficient (Wildman–Crippen LogP) is 1.51. The Morgan fingerprint density at radius 3 is 2.33 bits per heavy atom. The molecule has 0 aromatic heterocycles. The van der Waals surface area contributed by atoms with E-state index in [-0.39, 0.29) is 0 Å². The van der Waals surface area contributed by atoms with Crippen molar-refractivity contribution in [2.45, 2.75) is 38.8 Å².